The molecule has 2 rings (SSSR count). The second-order valence-corrected chi connectivity index (χ2v) is 8.57. The van der Waals surface area contributed by atoms with Crippen LogP contribution in [-0.4, -0.2) is 17.9 Å². The van der Waals surface area contributed by atoms with E-state index in [-0.39, 0.29) is 11.8 Å². The second-order valence-electron chi connectivity index (χ2n) is 8.14. The largest absolute Gasteiger partial charge is 0.402 e. The quantitative estimate of drug-likeness (QED) is 0.262. The number of rotatable bonds is 9. The van der Waals surface area contributed by atoms with Crippen LogP contribution in [0.4, 0.5) is 0 Å². The van der Waals surface area contributed by atoms with Gasteiger partial charge >= 0.3 is 0 Å². The standard InChI is InChI=1S/C20H29ClN2O.C6H11NO.C2H6/c1-5-8-17(18(22)7-3)19(14(4)6-2)20(24)23-13-15-9-11-16(21)12-10-15;1-2-5-3-4-6(8)7-5;1-2/h9-12H,5-8,13,22H2,1-4H3,(H,23,24);5H,2-4H2,1H3,(H,7,8);1-2H3/b18-17-,19-14?;;. The Bertz CT molecular complexity index is 813. The van der Waals surface area contributed by atoms with E-state index in [2.05, 4.69) is 31.4 Å². The molecule has 1 aromatic carbocycles. The number of benzene rings is 1. The third kappa shape index (κ3) is 11.2. The lowest BCUT2D eigenvalue weighted by Gasteiger charge is -2.18. The number of carbonyl (C=O) groups is 2. The van der Waals surface area contributed by atoms with E-state index in [4.69, 9.17) is 17.3 Å². The van der Waals surface area contributed by atoms with Gasteiger partial charge in [0.2, 0.25) is 5.91 Å². The first kappa shape index (κ1) is 31.7. The van der Waals surface area contributed by atoms with Crippen LogP contribution in [0.25, 0.3) is 0 Å². The molecule has 6 heteroatoms. The fourth-order valence-electron chi connectivity index (χ4n) is 3.53. The molecular formula is C28H46ClN3O2. The molecule has 1 atom stereocenters. The van der Waals surface area contributed by atoms with E-state index in [0.29, 0.717) is 17.6 Å². The van der Waals surface area contributed by atoms with E-state index in [1.807, 2.05) is 52.0 Å². The molecule has 1 aliphatic rings. The number of hydrogen-bond donors (Lipinski definition) is 3. The van der Waals surface area contributed by atoms with Crippen molar-refractivity contribution < 1.29 is 9.59 Å². The van der Waals surface area contributed by atoms with E-state index in [1.165, 1.54) is 0 Å². The Morgan fingerprint density at radius 2 is 1.74 bits per heavy atom. The number of hydrogen-bond acceptors (Lipinski definition) is 3. The van der Waals surface area contributed by atoms with E-state index in [0.717, 1.165) is 72.9 Å². The van der Waals surface area contributed by atoms with Gasteiger partial charge < -0.3 is 16.4 Å². The predicted molar refractivity (Wildman–Crippen MR) is 146 cm³/mol. The van der Waals surface area contributed by atoms with Gasteiger partial charge in [-0.3, -0.25) is 9.59 Å². The molecule has 1 unspecified atom stereocenters. The minimum absolute atomic E-state index is 0.0517. The van der Waals surface area contributed by atoms with Gasteiger partial charge in [0.1, 0.15) is 0 Å². The SMILES string of the molecule is CC.CCC/C(C(C(=O)NCc1ccc(Cl)cc1)=C(C)CC)=C(/N)CC.CCC1CCC(=O)N1. The van der Waals surface area contributed by atoms with Crippen LogP contribution in [-0.2, 0) is 16.1 Å². The van der Waals surface area contributed by atoms with Crippen LogP contribution in [0.2, 0.25) is 5.02 Å². The summed E-state index contributed by atoms with van der Waals surface area (Å²) in [4.78, 5) is 23.3. The number of halogens is 1. The van der Waals surface area contributed by atoms with Gasteiger partial charge in [0, 0.05) is 35.3 Å². The number of nitrogens with one attached hydrogen (secondary N) is 2. The molecule has 1 fully saturated rings. The Kier molecular flexibility index (Phi) is 16.9. The van der Waals surface area contributed by atoms with Crippen molar-refractivity contribution in [2.75, 3.05) is 0 Å². The summed E-state index contributed by atoms with van der Waals surface area (Å²) in [5, 5.41) is 6.58. The molecule has 5 nitrogen and oxygen atoms in total. The normalized spacial score (nSPS) is 16.1. The summed E-state index contributed by atoms with van der Waals surface area (Å²) < 4.78 is 0. The average Bonchev–Trinajstić information content (AvgIpc) is 3.29. The maximum absolute atomic E-state index is 12.8. The van der Waals surface area contributed by atoms with E-state index in [1.54, 1.807) is 0 Å². The van der Waals surface area contributed by atoms with Gasteiger partial charge in [0.05, 0.1) is 0 Å². The van der Waals surface area contributed by atoms with Crippen LogP contribution in [0.1, 0.15) is 99.0 Å². The van der Waals surface area contributed by atoms with E-state index >= 15 is 0 Å². The Labute approximate surface area is 212 Å². The zero-order valence-electron chi connectivity index (χ0n) is 22.3. The molecule has 0 saturated carbocycles. The minimum Gasteiger partial charge on any atom is -0.402 e. The van der Waals surface area contributed by atoms with Crippen molar-refractivity contribution in [2.45, 2.75) is 106 Å². The molecular weight excluding hydrogens is 446 g/mol. The van der Waals surface area contributed by atoms with Crippen molar-refractivity contribution >= 4 is 23.4 Å². The van der Waals surface area contributed by atoms with Crippen molar-refractivity contribution in [3.63, 3.8) is 0 Å². The molecule has 1 aromatic rings. The van der Waals surface area contributed by atoms with Crippen LogP contribution in [0.3, 0.4) is 0 Å². The molecule has 192 valence electrons. The van der Waals surface area contributed by atoms with Gasteiger partial charge in [-0.25, -0.2) is 0 Å². The van der Waals surface area contributed by atoms with Gasteiger partial charge in [-0.2, -0.15) is 0 Å². The van der Waals surface area contributed by atoms with Crippen LogP contribution >= 0.6 is 11.6 Å². The highest BCUT2D eigenvalue weighted by atomic mass is 35.5. The van der Waals surface area contributed by atoms with Gasteiger partial charge in [-0.05, 0) is 62.3 Å². The van der Waals surface area contributed by atoms with Gasteiger partial charge in [0.15, 0.2) is 0 Å². The molecule has 0 radical (unpaired) electrons. The highest BCUT2D eigenvalue weighted by Gasteiger charge is 2.19. The summed E-state index contributed by atoms with van der Waals surface area (Å²) in [6.45, 7) is 14.8. The number of allylic oxidation sites excluding steroid dienone is 2. The predicted octanol–water partition coefficient (Wildman–Crippen LogP) is 6.81. The fourth-order valence-corrected chi connectivity index (χ4v) is 3.66. The molecule has 34 heavy (non-hydrogen) atoms. The summed E-state index contributed by atoms with van der Waals surface area (Å²) >= 11 is 5.90. The second kappa shape index (κ2) is 18.1. The Morgan fingerprint density at radius 1 is 1.12 bits per heavy atom. The summed E-state index contributed by atoms with van der Waals surface area (Å²) in [7, 11) is 0. The lowest BCUT2D eigenvalue weighted by Crippen LogP contribution is -2.27. The summed E-state index contributed by atoms with van der Waals surface area (Å²) in [5.41, 5.74) is 10.9. The van der Waals surface area contributed by atoms with Crippen molar-refractivity contribution in [3.8, 4) is 0 Å². The molecule has 4 N–H and O–H groups in total. The third-order valence-electron chi connectivity index (χ3n) is 5.70. The van der Waals surface area contributed by atoms with Crippen LogP contribution in [0, 0.1) is 0 Å². The minimum atomic E-state index is -0.0517. The Hall–Kier alpha value is -2.27. The van der Waals surface area contributed by atoms with Crippen LogP contribution in [0.15, 0.2) is 46.7 Å². The molecule has 0 spiro atoms. The summed E-state index contributed by atoms with van der Waals surface area (Å²) in [6, 6.07) is 7.97. The molecule has 2 amide bonds. The molecule has 0 aromatic heterocycles. The van der Waals surface area contributed by atoms with Crippen molar-refractivity contribution in [2.24, 2.45) is 5.73 Å². The number of nitrogens with two attached hydrogens (primary N) is 1. The van der Waals surface area contributed by atoms with Crippen LogP contribution < -0.4 is 16.4 Å². The monoisotopic (exact) mass is 491 g/mol. The van der Waals surface area contributed by atoms with Crippen LogP contribution in [0.5, 0.6) is 0 Å². The van der Waals surface area contributed by atoms with Crippen molar-refractivity contribution in [1.29, 1.82) is 0 Å². The lowest BCUT2D eigenvalue weighted by molar-refractivity contribution is -0.119. The summed E-state index contributed by atoms with van der Waals surface area (Å²) in [5.74, 6) is 0.168. The zero-order chi connectivity index (χ0) is 26.1. The van der Waals surface area contributed by atoms with Gasteiger partial charge in [0.25, 0.3) is 5.91 Å². The molecule has 0 bridgehead atoms. The number of carbonyl (C=O) groups excluding carboxylic acids is 2. The maximum atomic E-state index is 12.8. The molecule has 1 saturated heterocycles. The average molecular weight is 492 g/mol. The summed E-state index contributed by atoms with van der Waals surface area (Å²) in [6.07, 6.45) is 6.20. The topological polar surface area (TPSA) is 84.2 Å². The highest BCUT2D eigenvalue weighted by molar-refractivity contribution is 6.30. The molecule has 1 heterocycles. The van der Waals surface area contributed by atoms with Crippen molar-refractivity contribution in [1.82, 2.24) is 10.6 Å². The first-order valence-electron chi connectivity index (χ1n) is 12.8. The van der Waals surface area contributed by atoms with Crippen molar-refractivity contribution in [3.05, 3.63) is 57.3 Å². The number of amides is 2. The fraction of sp³-hybridized carbons (Fsp3) is 0.571. The Balaban J connectivity index is 0.000000904. The smallest absolute Gasteiger partial charge is 0.251 e. The highest BCUT2D eigenvalue weighted by Crippen LogP contribution is 2.25. The maximum Gasteiger partial charge on any atom is 0.251 e. The van der Waals surface area contributed by atoms with E-state index < -0.39 is 0 Å². The zero-order valence-corrected chi connectivity index (χ0v) is 23.1. The molecule has 0 aliphatic carbocycles. The van der Waals surface area contributed by atoms with Gasteiger partial charge in [-0.15, -0.1) is 0 Å². The molecule has 1 aliphatic heterocycles. The third-order valence-corrected chi connectivity index (χ3v) is 5.95. The first-order valence-corrected chi connectivity index (χ1v) is 13.1. The lowest BCUT2D eigenvalue weighted by atomic mass is 9.92. The first-order chi connectivity index (χ1) is 16.3. The van der Waals surface area contributed by atoms with Gasteiger partial charge in [-0.1, -0.05) is 77.3 Å². The Morgan fingerprint density at radius 3 is 2.15 bits per heavy atom. The van der Waals surface area contributed by atoms with E-state index in [9.17, 15) is 9.59 Å².